The Kier molecular flexibility index (Phi) is 4.02. The molecule has 0 aliphatic rings. The number of hydrogen-bond donors (Lipinski definition) is 1. The van der Waals surface area contributed by atoms with Crippen molar-refractivity contribution < 1.29 is 17.7 Å². The van der Waals surface area contributed by atoms with Gasteiger partial charge in [-0.25, -0.2) is 0 Å². The molecule has 4 rings (SSSR count). The summed E-state index contributed by atoms with van der Waals surface area (Å²) < 4.78 is 43.3. The molecule has 0 atom stereocenters. The van der Waals surface area contributed by atoms with E-state index in [1.807, 2.05) is 18.2 Å². The number of hydrogen-bond acceptors (Lipinski definition) is 5. The summed E-state index contributed by atoms with van der Waals surface area (Å²) in [6, 6.07) is 8.44. The van der Waals surface area contributed by atoms with Gasteiger partial charge < -0.3 is 9.09 Å². The molecule has 0 radical (unpaired) electrons. The van der Waals surface area contributed by atoms with Crippen molar-refractivity contribution in [3.63, 3.8) is 0 Å². The number of para-hydroxylation sites is 1. The Morgan fingerprint density at radius 2 is 2.07 bits per heavy atom. The molecule has 0 aliphatic heterocycles. The lowest BCUT2D eigenvalue weighted by Crippen LogP contribution is -2.19. The van der Waals surface area contributed by atoms with Gasteiger partial charge in [0.1, 0.15) is 0 Å². The van der Waals surface area contributed by atoms with Gasteiger partial charge in [-0.3, -0.25) is 9.89 Å². The van der Waals surface area contributed by atoms with E-state index in [0.717, 1.165) is 16.5 Å². The van der Waals surface area contributed by atoms with Crippen LogP contribution in [0.2, 0.25) is 0 Å². The fourth-order valence-corrected chi connectivity index (χ4v) is 2.77. The quantitative estimate of drug-likeness (QED) is 0.592. The third-order valence-corrected chi connectivity index (χ3v) is 4.11. The average molecular weight is 375 g/mol. The summed E-state index contributed by atoms with van der Waals surface area (Å²) in [6.07, 6.45) is -0.929. The maximum absolute atomic E-state index is 12.5. The molecule has 3 aromatic heterocycles. The van der Waals surface area contributed by atoms with Crippen LogP contribution in [0.5, 0.6) is 0 Å². The van der Waals surface area contributed by atoms with Gasteiger partial charge in [-0.1, -0.05) is 23.4 Å². The third kappa shape index (κ3) is 3.33. The van der Waals surface area contributed by atoms with Crippen LogP contribution in [0.4, 0.5) is 13.2 Å². The molecule has 27 heavy (non-hydrogen) atoms. The van der Waals surface area contributed by atoms with Gasteiger partial charge in [0.05, 0.1) is 11.7 Å². The highest BCUT2D eigenvalue weighted by molar-refractivity contribution is 5.81. The maximum atomic E-state index is 12.5. The largest absolute Gasteiger partial charge is 0.471 e. The molecule has 10 heteroatoms. The fourth-order valence-electron chi connectivity index (χ4n) is 2.77. The molecule has 3 heterocycles. The second-order valence-electron chi connectivity index (χ2n) is 5.87. The highest BCUT2D eigenvalue weighted by Gasteiger charge is 2.38. The van der Waals surface area contributed by atoms with Crippen molar-refractivity contribution >= 4 is 10.9 Å². The van der Waals surface area contributed by atoms with E-state index >= 15 is 0 Å². The van der Waals surface area contributed by atoms with Crippen LogP contribution in [-0.4, -0.2) is 24.9 Å². The van der Waals surface area contributed by atoms with E-state index in [9.17, 15) is 18.0 Å². The molecular formula is C17H12F3N5O2. The molecule has 0 unspecified atom stereocenters. The highest BCUT2D eigenvalue weighted by atomic mass is 19.4. The van der Waals surface area contributed by atoms with Crippen LogP contribution >= 0.6 is 0 Å². The second-order valence-corrected chi connectivity index (χ2v) is 5.87. The first kappa shape index (κ1) is 17.0. The van der Waals surface area contributed by atoms with E-state index in [2.05, 4.69) is 24.9 Å². The SMILES string of the molecule is O=c1cc(-c2noc(C(F)(F)F)n2)ccn1CCc1cccc2cn[nH]c12. The highest BCUT2D eigenvalue weighted by Crippen LogP contribution is 2.29. The van der Waals surface area contributed by atoms with Crippen molar-refractivity contribution in [1.29, 1.82) is 0 Å². The van der Waals surface area contributed by atoms with Crippen molar-refractivity contribution in [1.82, 2.24) is 24.9 Å². The Balaban J connectivity index is 1.55. The zero-order valence-corrected chi connectivity index (χ0v) is 13.7. The Morgan fingerprint density at radius 1 is 1.22 bits per heavy atom. The number of alkyl halides is 3. The van der Waals surface area contributed by atoms with Gasteiger partial charge in [-0.2, -0.15) is 23.3 Å². The number of aromatic nitrogens is 5. The predicted octanol–water partition coefficient (Wildman–Crippen LogP) is 3.04. The number of nitrogens with zero attached hydrogens (tertiary/aromatic N) is 4. The van der Waals surface area contributed by atoms with Gasteiger partial charge in [-0.15, -0.1) is 0 Å². The Hall–Kier alpha value is -3.43. The van der Waals surface area contributed by atoms with Crippen molar-refractivity contribution in [2.45, 2.75) is 19.1 Å². The van der Waals surface area contributed by atoms with Crippen LogP contribution in [0, 0.1) is 0 Å². The minimum Gasteiger partial charge on any atom is -0.329 e. The molecule has 4 aromatic rings. The molecule has 1 aromatic carbocycles. The number of aryl methyl sites for hydroxylation is 2. The molecular weight excluding hydrogens is 363 g/mol. The number of fused-ring (bicyclic) bond motifs is 1. The predicted molar refractivity (Wildman–Crippen MR) is 88.8 cm³/mol. The van der Waals surface area contributed by atoms with Gasteiger partial charge in [-0.05, 0) is 18.1 Å². The first-order chi connectivity index (χ1) is 12.9. The lowest BCUT2D eigenvalue weighted by atomic mass is 10.1. The normalized spacial score (nSPS) is 12.0. The molecule has 0 bridgehead atoms. The zero-order valence-electron chi connectivity index (χ0n) is 13.7. The molecule has 7 nitrogen and oxygen atoms in total. The van der Waals surface area contributed by atoms with Crippen LogP contribution in [0.1, 0.15) is 11.5 Å². The molecule has 0 fully saturated rings. The van der Waals surface area contributed by atoms with Gasteiger partial charge in [0.15, 0.2) is 0 Å². The first-order valence-electron chi connectivity index (χ1n) is 7.94. The van der Waals surface area contributed by atoms with Crippen LogP contribution < -0.4 is 5.56 Å². The smallest absolute Gasteiger partial charge is 0.329 e. The lowest BCUT2D eigenvalue weighted by Gasteiger charge is -2.07. The van der Waals surface area contributed by atoms with E-state index in [1.54, 1.807) is 6.20 Å². The minimum atomic E-state index is -4.73. The third-order valence-electron chi connectivity index (χ3n) is 4.11. The zero-order chi connectivity index (χ0) is 19.0. The topological polar surface area (TPSA) is 89.6 Å². The molecule has 0 saturated carbocycles. The summed E-state index contributed by atoms with van der Waals surface area (Å²) in [5.41, 5.74) is 1.71. The number of nitrogens with one attached hydrogen (secondary N) is 1. The van der Waals surface area contributed by atoms with Gasteiger partial charge in [0.2, 0.25) is 5.82 Å². The first-order valence-corrected chi connectivity index (χ1v) is 7.94. The van der Waals surface area contributed by atoms with Gasteiger partial charge >= 0.3 is 12.1 Å². The Labute approximate surface area is 149 Å². The van der Waals surface area contributed by atoms with Gasteiger partial charge in [0.25, 0.3) is 5.56 Å². The maximum Gasteiger partial charge on any atom is 0.471 e. The molecule has 0 aliphatic carbocycles. The van der Waals surface area contributed by atoms with E-state index in [1.165, 1.54) is 22.9 Å². The molecule has 0 spiro atoms. The minimum absolute atomic E-state index is 0.158. The van der Waals surface area contributed by atoms with Crippen molar-refractivity contribution in [3.8, 4) is 11.4 Å². The summed E-state index contributed by atoms with van der Waals surface area (Å²) >= 11 is 0. The Morgan fingerprint density at radius 3 is 2.81 bits per heavy atom. The molecule has 0 saturated heterocycles. The molecule has 138 valence electrons. The van der Waals surface area contributed by atoms with Crippen LogP contribution in [0.15, 0.2) is 52.0 Å². The summed E-state index contributed by atoms with van der Waals surface area (Å²) in [5, 5.41) is 11.2. The van der Waals surface area contributed by atoms with Crippen molar-refractivity contribution in [2.75, 3.05) is 0 Å². The Bertz CT molecular complexity index is 1160. The van der Waals surface area contributed by atoms with Crippen LogP contribution in [0.25, 0.3) is 22.3 Å². The molecule has 0 amide bonds. The number of pyridine rings is 1. The molecule has 1 N–H and O–H groups in total. The van der Waals surface area contributed by atoms with E-state index in [-0.39, 0.29) is 16.9 Å². The number of rotatable bonds is 4. The van der Waals surface area contributed by atoms with Crippen LogP contribution in [0.3, 0.4) is 0 Å². The standard InChI is InChI=1S/C17H12F3N5O2/c18-17(19,20)16-22-15(24-27-16)11-5-7-25(13(26)8-11)6-4-10-2-1-3-12-9-21-23-14(10)12/h1-3,5,7-9H,4,6H2,(H,21,23). The monoisotopic (exact) mass is 375 g/mol. The number of benzene rings is 1. The number of aromatic amines is 1. The van der Waals surface area contributed by atoms with E-state index in [0.29, 0.717) is 13.0 Å². The second kappa shape index (κ2) is 6.38. The average Bonchev–Trinajstić information content (AvgIpc) is 3.29. The van der Waals surface area contributed by atoms with Crippen molar-refractivity contribution in [3.05, 3.63) is 64.5 Å². The fraction of sp³-hybridized carbons (Fsp3) is 0.176. The summed E-state index contributed by atoms with van der Waals surface area (Å²) in [5.74, 6) is -1.73. The van der Waals surface area contributed by atoms with Gasteiger partial charge in [0, 0.05) is 29.8 Å². The number of halogens is 3. The summed E-state index contributed by atoms with van der Waals surface area (Å²) in [4.78, 5) is 15.6. The summed E-state index contributed by atoms with van der Waals surface area (Å²) in [6.45, 7) is 0.400. The lowest BCUT2D eigenvalue weighted by molar-refractivity contribution is -0.159. The van der Waals surface area contributed by atoms with E-state index < -0.39 is 12.1 Å². The van der Waals surface area contributed by atoms with E-state index in [4.69, 9.17) is 0 Å². The van der Waals surface area contributed by atoms with Crippen LogP contribution in [-0.2, 0) is 19.1 Å². The summed E-state index contributed by atoms with van der Waals surface area (Å²) in [7, 11) is 0. The van der Waals surface area contributed by atoms with Crippen molar-refractivity contribution in [2.24, 2.45) is 0 Å². The number of H-pyrrole nitrogens is 1.